The minimum absolute atomic E-state index is 0.0406. The van der Waals surface area contributed by atoms with Gasteiger partial charge in [0.25, 0.3) is 11.8 Å². The molecule has 4 atom stereocenters. The molecule has 1 aromatic heterocycles. The molecule has 14 nitrogen and oxygen atoms in total. The van der Waals surface area contributed by atoms with Crippen molar-refractivity contribution in [1.29, 1.82) is 0 Å². The Labute approximate surface area is 206 Å². The standard InChI is InChI=1S/C19H19N9O5S2/c1-33-24-11(14-23-19(20)35-25-14)15(29)22-12-16(30)28-13(18(31)32)9(8-34-17(12)28)7-26-5-6-27-10(26)3-2-4-21-27/h2-6,10,12,17H,7-8H2,1H3,(H,22,29)(H,31,32)(H2,20,23,25). The minimum Gasteiger partial charge on any atom is -0.543 e. The van der Waals surface area contributed by atoms with E-state index in [1.807, 2.05) is 24.6 Å². The van der Waals surface area contributed by atoms with Crippen molar-refractivity contribution >= 4 is 58.1 Å². The zero-order valence-corrected chi connectivity index (χ0v) is 19.8. The van der Waals surface area contributed by atoms with Crippen molar-refractivity contribution in [3.8, 4) is 0 Å². The number of β-lactam (4-membered cyclic amide) rings is 1. The zero-order chi connectivity index (χ0) is 24.7. The zero-order valence-electron chi connectivity index (χ0n) is 18.2. The lowest BCUT2D eigenvalue weighted by atomic mass is 10.0. The Morgan fingerprint density at radius 3 is 3.00 bits per heavy atom. The van der Waals surface area contributed by atoms with E-state index in [-0.39, 0.29) is 28.5 Å². The van der Waals surface area contributed by atoms with Crippen LogP contribution in [0.25, 0.3) is 0 Å². The van der Waals surface area contributed by atoms with Gasteiger partial charge in [-0.3, -0.25) is 19.4 Å². The number of hydrogen-bond donors (Lipinski definition) is 3. The van der Waals surface area contributed by atoms with Crippen molar-refractivity contribution in [2.45, 2.75) is 17.6 Å². The number of carbonyl (C=O) groups is 3. The molecule has 0 aromatic carbocycles. The summed E-state index contributed by atoms with van der Waals surface area (Å²) in [7, 11) is 1.25. The van der Waals surface area contributed by atoms with Gasteiger partial charge in [-0.1, -0.05) is 5.16 Å². The Morgan fingerprint density at radius 2 is 2.29 bits per heavy atom. The molecule has 182 valence electrons. The van der Waals surface area contributed by atoms with Crippen molar-refractivity contribution in [2.75, 3.05) is 25.1 Å². The number of anilines is 1. The number of aromatic nitrogens is 2. The predicted octanol–water partition coefficient (Wildman–Crippen LogP) is -3.57. The summed E-state index contributed by atoms with van der Waals surface area (Å²) in [5, 5.41) is 23.9. The third kappa shape index (κ3) is 4.04. The Balaban J connectivity index is 1.32. The normalized spacial score (nSPS) is 27.0. The smallest absolute Gasteiger partial charge is 0.278 e. The Morgan fingerprint density at radius 1 is 1.46 bits per heavy atom. The van der Waals surface area contributed by atoms with E-state index in [1.54, 1.807) is 11.2 Å². The van der Waals surface area contributed by atoms with Crippen molar-refractivity contribution < 1.29 is 29.2 Å². The van der Waals surface area contributed by atoms with Crippen LogP contribution in [0.4, 0.5) is 5.13 Å². The van der Waals surface area contributed by atoms with Gasteiger partial charge in [0.15, 0.2) is 5.13 Å². The van der Waals surface area contributed by atoms with E-state index in [4.69, 9.17) is 10.6 Å². The number of oxime groups is 1. The third-order valence-corrected chi connectivity index (χ3v) is 7.56. The van der Waals surface area contributed by atoms with Crippen molar-refractivity contribution in [1.82, 2.24) is 24.6 Å². The van der Waals surface area contributed by atoms with Gasteiger partial charge in [0.2, 0.25) is 17.7 Å². The molecule has 0 bridgehead atoms. The third-order valence-electron chi connectivity index (χ3n) is 5.68. The maximum Gasteiger partial charge on any atom is 0.278 e. The molecule has 2 amide bonds. The molecule has 5 heterocycles. The van der Waals surface area contributed by atoms with Crippen LogP contribution < -0.4 is 21.1 Å². The second kappa shape index (κ2) is 9.12. The molecule has 1 aromatic rings. The summed E-state index contributed by atoms with van der Waals surface area (Å²) in [6.07, 6.45) is 9.09. The summed E-state index contributed by atoms with van der Waals surface area (Å²) in [6.45, 7) is 0.350. The quantitative estimate of drug-likeness (QED) is 0.186. The number of nitrogens with zero attached hydrogens (tertiary/aromatic N) is 6. The lowest BCUT2D eigenvalue weighted by Gasteiger charge is -2.50. The van der Waals surface area contributed by atoms with Crippen LogP contribution >= 0.6 is 23.3 Å². The van der Waals surface area contributed by atoms with Gasteiger partial charge < -0.3 is 25.8 Å². The Bertz CT molecular complexity index is 1240. The largest absolute Gasteiger partial charge is 0.543 e. The fraction of sp³-hybridized carbons (Fsp3) is 0.316. The van der Waals surface area contributed by atoms with Crippen LogP contribution in [-0.2, 0) is 19.2 Å². The molecule has 4 N–H and O–H groups in total. The summed E-state index contributed by atoms with van der Waals surface area (Å²) in [4.78, 5) is 48.6. The fourth-order valence-corrected chi connectivity index (χ4v) is 5.94. The van der Waals surface area contributed by atoms with Crippen LogP contribution in [0.5, 0.6) is 0 Å². The molecule has 1 fully saturated rings. The molecule has 35 heavy (non-hydrogen) atoms. The summed E-state index contributed by atoms with van der Waals surface area (Å²) in [6, 6.07) is -0.966. The summed E-state index contributed by atoms with van der Waals surface area (Å²) < 4.78 is 3.95. The lowest BCUT2D eigenvalue weighted by Crippen LogP contribution is -3.11. The molecule has 4 aliphatic heterocycles. The van der Waals surface area contributed by atoms with Crippen molar-refractivity contribution in [3.63, 3.8) is 0 Å². The Hall–Kier alpha value is -3.76. The predicted molar refractivity (Wildman–Crippen MR) is 123 cm³/mol. The summed E-state index contributed by atoms with van der Waals surface area (Å²) >= 11 is 2.23. The van der Waals surface area contributed by atoms with Crippen LogP contribution in [0.2, 0.25) is 0 Å². The number of nitrogens with one attached hydrogen (secondary N) is 2. The van der Waals surface area contributed by atoms with Crippen LogP contribution in [-0.4, -0.2) is 86.0 Å². The first-order chi connectivity index (χ1) is 16.9. The number of hydrogen-bond acceptors (Lipinski definition) is 13. The van der Waals surface area contributed by atoms with Gasteiger partial charge in [0.1, 0.15) is 31.3 Å². The topological polar surface area (TPSA) is 183 Å². The second-order valence-corrected chi connectivity index (χ2v) is 9.61. The number of nitrogens with two attached hydrogens (primary N) is 1. The highest BCUT2D eigenvalue weighted by Gasteiger charge is 2.53. The van der Waals surface area contributed by atoms with E-state index in [1.165, 1.54) is 23.8 Å². The highest BCUT2D eigenvalue weighted by Crippen LogP contribution is 2.39. The lowest BCUT2D eigenvalue weighted by molar-refractivity contribution is -0.865. The first-order valence-corrected chi connectivity index (χ1v) is 12.1. The molecular formula is C19H19N9O5S2. The number of rotatable bonds is 7. The number of hydrazone groups is 1. The number of nitrogen functional groups attached to an aromatic ring is 1. The minimum atomic E-state index is -1.44. The van der Waals surface area contributed by atoms with Gasteiger partial charge in [0.05, 0.1) is 17.9 Å². The maximum absolute atomic E-state index is 13.0. The van der Waals surface area contributed by atoms with E-state index < -0.39 is 29.2 Å². The van der Waals surface area contributed by atoms with Crippen LogP contribution in [0.3, 0.4) is 0 Å². The number of carboxylic acids is 1. The number of quaternary nitrogens is 1. The van der Waals surface area contributed by atoms with Crippen LogP contribution in [0.1, 0.15) is 5.82 Å². The van der Waals surface area contributed by atoms with E-state index in [0.717, 1.165) is 16.4 Å². The molecule has 0 spiro atoms. The van der Waals surface area contributed by atoms with E-state index in [9.17, 15) is 19.5 Å². The first kappa shape index (κ1) is 23.0. The summed E-state index contributed by atoms with van der Waals surface area (Å²) in [5.74, 6) is -2.44. The average Bonchev–Trinajstić information content (AvgIpc) is 3.46. The number of carboxylic acid groups (broad SMARTS) is 1. The Kier molecular flexibility index (Phi) is 6.00. The number of allylic oxidation sites excluding steroid dienone is 1. The van der Waals surface area contributed by atoms with Gasteiger partial charge in [-0.2, -0.15) is 14.5 Å². The number of fused-ring (bicyclic) bond motifs is 2. The van der Waals surface area contributed by atoms with E-state index >= 15 is 0 Å². The van der Waals surface area contributed by atoms with Gasteiger partial charge in [-0.05, 0) is 12.2 Å². The first-order valence-electron chi connectivity index (χ1n) is 10.3. The van der Waals surface area contributed by atoms with Gasteiger partial charge in [0, 0.05) is 29.1 Å². The van der Waals surface area contributed by atoms with Crippen molar-refractivity contribution in [3.05, 3.63) is 41.6 Å². The number of amides is 2. The highest BCUT2D eigenvalue weighted by molar-refractivity contribution is 8.00. The van der Waals surface area contributed by atoms with E-state index in [2.05, 4.69) is 24.9 Å². The molecular weight excluding hydrogens is 498 g/mol. The molecule has 4 aliphatic rings. The highest BCUT2D eigenvalue weighted by atomic mass is 32.2. The summed E-state index contributed by atoms with van der Waals surface area (Å²) in [5.41, 5.74) is 5.74. The van der Waals surface area contributed by atoms with Gasteiger partial charge >= 0.3 is 0 Å². The molecule has 16 heteroatoms. The molecule has 1 saturated heterocycles. The number of carbonyl (C=O) groups excluding carboxylic acids is 3. The fourth-order valence-electron chi connectivity index (χ4n) is 4.16. The van der Waals surface area contributed by atoms with Gasteiger partial charge in [-0.25, -0.2) is 5.01 Å². The molecule has 0 saturated carbocycles. The molecule has 4 unspecified atom stereocenters. The molecule has 0 aliphatic carbocycles. The number of thioether (sulfide) groups is 1. The number of aliphatic carboxylic acids is 1. The van der Waals surface area contributed by atoms with Crippen molar-refractivity contribution in [2.24, 2.45) is 10.3 Å². The van der Waals surface area contributed by atoms with Crippen LogP contribution in [0, 0.1) is 0 Å². The van der Waals surface area contributed by atoms with Crippen LogP contribution in [0.15, 0.2) is 46.1 Å². The maximum atomic E-state index is 13.0. The van der Waals surface area contributed by atoms with Gasteiger partial charge in [-0.15, -0.1) is 11.8 Å². The monoisotopic (exact) mass is 517 g/mol. The molecule has 5 rings (SSSR count). The second-order valence-electron chi connectivity index (χ2n) is 7.72. The average molecular weight is 518 g/mol. The SMILES string of the molecule is CON=C(C(=O)NC1C(=O)N2C(C(=O)[O-])=C(C[NH+]3C=CN4N=CC=CC43)CSC12)c1nsc(N)n1. The molecule has 0 radical (unpaired) electrons. The van der Waals surface area contributed by atoms with E-state index in [0.29, 0.717) is 17.9 Å².